The van der Waals surface area contributed by atoms with E-state index in [2.05, 4.69) is 29.3 Å². The summed E-state index contributed by atoms with van der Waals surface area (Å²) in [5.74, 6) is 0.426. The van der Waals surface area contributed by atoms with E-state index < -0.39 is 0 Å². The predicted octanol–water partition coefficient (Wildman–Crippen LogP) is 3.42. The second kappa shape index (κ2) is 6.36. The van der Waals surface area contributed by atoms with E-state index in [-0.39, 0.29) is 0 Å². The monoisotopic (exact) mass is 250 g/mol. The zero-order valence-corrected chi connectivity index (χ0v) is 10.7. The second-order valence-electron chi connectivity index (χ2n) is 4.05. The van der Waals surface area contributed by atoms with Crippen LogP contribution in [0.5, 0.6) is 0 Å². The minimum absolute atomic E-state index is 0.426. The molecule has 0 heterocycles. The molecule has 0 amide bonds. The maximum atomic E-state index is 8.52. The normalized spacial score (nSPS) is 10.8. The first-order valence-corrected chi connectivity index (χ1v) is 5.97. The summed E-state index contributed by atoms with van der Waals surface area (Å²) >= 11 is 0. The van der Waals surface area contributed by atoms with Crippen molar-refractivity contribution in [3.05, 3.63) is 60.2 Å². The van der Waals surface area contributed by atoms with Crippen molar-refractivity contribution >= 4 is 5.90 Å². The summed E-state index contributed by atoms with van der Waals surface area (Å²) in [5.41, 5.74) is 3.42. The Balaban J connectivity index is 2.16. The summed E-state index contributed by atoms with van der Waals surface area (Å²) in [6.45, 7) is 0. The van der Waals surface area contributed by atoms with E-state index >= 15 is 0 Å². The number of benzene rings is 2. The number of nitriles is 1. The predicted molar refractivity (Wildman–Crippen MR) is 75.6 cm³/mol. The topological polar surface area (TPSA) is 45.4 Å². The molecule has 0 saturated heterocycles. The Bertz CT molecular complexity index is 595. The molecule has 0 N–H and O–H groups in total. The Morgan fingerprint density at radius 2 is 1.68 bits per heavy atom. The van der Waals surface area contributed by atoms with Gasteiger partial charge in [0.05, 0.1) is 7.11 Å². The highest BCUT2D eigenvalue weighted by Gasteiger charge is 2.02. The number of hydrogen-bond donors (Lipinski definition) is 0. The maximum absolute atomic E-state index is 8.52. The van der Waals surface area contributed by atoms with Crippen molar-refractivity contribution in [2.75, 3.05) is 7.11 Å². The number of rotatable bonds is 3. The van der Waals surface area contributed by atoms with Gasteiger partial charge in [-0.15, -0.1) is 4.99 Å². The summed E-state index contributed by atoms with van der Waals surface area (Å²) in [4.78, 5) is 3.62. The number of nitrogens with zero attached hydrogens (tertiary/aromatic N) is 2. The molecule has 0 aliphatic heterocycles. The average molecular weight is 250 g/mol. The standard InChI is InChI=1S/C16H14N2O/c1-19-16(18-12-17)11-13-7-9-15(10-8-13)14-5-3-2-4-6-14/h2-10H,11H2,1H3/b18-16-. The average Bonchev–Trinajstić information content (AvgIpc) is 2.48. The zero-order valence-electron chi connectivity index (χ0n) is 10.7. The van der Waals surface area contributed by atoms with Crippen molar-refractivity contribution in [1.82, 2.24) is 0 Å². The molecule has 0 aromatic heterocycles. The smallest absolute Gasteiger partial charge is 0.208 e. The molecule has 0 saturated carbocycles. The summed E-state index contributed by atoms with van der Waals surface area (Å²) in [6.07, 6.45) is 2.27. The highest BCUT2D eigenvalue weighted by Crippen LogP contribution is 2.19. The van der Waals surface area contributed by atoms with Crippen LogP contribution in [0.4, 0.5) is 0 Å². The van der Waals surface area contributed by atoms with Gasteiger partial charge in [-0.25, -0.2) is 0 Å². The highest BCUT2D eigenvalue weighted by atomic mass is 16.5. The number of aliphatic imine (C=N–C) groups is 1. The highest BCUT2D eigenvalue weighted by molar-refractivity contribution is 5.79. The van der Waals surface area contributed by atoms with Crippen LogP contribution in [-0.4, -0.2) is 13.0 Å². The van der Waals surface area contributed by atoms with Gasteiger partial charge in [0, 0.05) is 6.42 Å². The van der Waals surface area contributed by atoms with Crippen molar-refractivity contribution in [3.8, 4) is 17.3 Å². The zero-order chi connectivity index (χ0) is 13.5. The van der Waals surface area contributed by atoms with Crippen LogP contribution < -0.4 is 0 Å². The fourth-order valence-electron chi connectivity index (χ4n) is 1.83. The molecule has 2 rings (SSSR count). The van der Waals surface area contributed by atoms with E-state index in [4.69, 9.17) is 10.00 Å². The van der Waals surface area contributed by atoms with Crippen molar-refractivity contribution in [2.24, 2.45) is 4.99 Å². The SMILES string of the molecule is CO/C(Cc1ccc(-c2ccccc2)cc1)=N\C#N. The van der Waals surface area contributed by atoms with Gasteiger partial charge >= 0.3 is 0 Å². The van der Waals surface area contributed by atoms with E-state index in [1.807, 2.05) is 30.3 Å². The van der Waals surface area contributed by atoms with Gasteiger partial charge in [0.15, 0.2) is 0 Å². The first-order chi connectivity index (χ1) is 9.33. The van der Waals surface area contributed by atoms with E-state index in [9.17, 15) is 0 Å². The van der Waals surface area contributed by atoms with Gasteiger partial charge in [-0.05, 0) is 16.7 Å². The quantitative estimate of drug-likeness (QED) is 0.476. The van der Waals surface area contributed by atoms with Crippen LogP contribution in [0.15, 0.2) is 59.6 Å². The Labute approximate surface area is 112 Å². The molecule has 0 aliphatic carbocycles. The van der Waals surface area contributed by atoms with E-state index in [1.165, 1.54) is 18.2 Å². The number of ether oxygens (including phenoxy) is 1. The largest absolute Gasteiger partial charge is 0.483 e. The lowest BCUT2D eigenvalue weighted by Crippen LogP contribution is -2.05. The molecule has 0 fully saturated rings. The lowest BCUT2D eigenvalue weighted by molar-refractivity contribution is 0.394. The summed E-state index contributed by atoms with van der Waals surface area (Å²) in [7, 11) is 1.52. The van der Waals surface area contributed by atoms with E-state index in [0.29, 0.717) is 12.3 Å². The van der Waals surface area contributed by atoms with Crippen molar-refractivity contribution < 1.29 is 4.74 Å². The molecule has 0 atom stereocenters. The van der Waals surface area contributed by atoms with E-state index in [0.717, 1.165) is 5.56 Å². The third kappa shape index (κ3) is 3.43. The maximum Gasteiger partial charge on any atom is 0.208 e. The fourth-order valence-corrected chi connectivity index (χ4v) is 1.83. The molecule has 0 radical (unpaired) electrons. The summed E-state index contributed by atoms with van der Waals surface area (Å²) in [6, 6.07) is 18.4. The number of hydrogen-bond acceptors (Lipinski definition) is 3. The molecule has 2 aromatic carbocycles. The molecule has 19 heavy (non-hydrogen) atoms. The lowest BCUT2D eigenvalue weighted by Gasteiger charge is -2.05. The molecule has 0 bridgehead atoms. The molecule has 0 aliphatic rings. The van der Waals surface area contributed by atoms with Gasteiger partial charge in [0.25, 0.3) is 0 Å². The van der Waals surface area contributed by atoms with Gasteiger partial charge < -0.3 is 4.74 Å². The molecular formula is C16H14N2O. The van der Waals surface area contributed by atoms with Gasteiger partial charge in [0.1, 0.15) is 0 Å². The molecular weight excluding hydrogens is 236 g/mol. The first-order valence-electron chi connectivity index (χ1n) is 5.97. The fraction of sp³-hybridized carbons (Fsp3) is 0.125. The third-order valence-electron chi connectivity index (χ3n) is 2.83. The van der Waals surface area contributed by atoms with Crippen molar-refractivity contribution in [2.45, 2.75) is 6.42 Å². The second-order valence-corrected chi connectivity index (χ2v) is 4.05. The molecule has 3 nitrogen and oxygen atoms in total. The summed E-state index contributed by atoms with van der Waals surface area (Å²) < 4.78 is 5.04. The van der Waals surface area contributed by atoms with Gasteiger partial charge in [-0.1, -0.05) is 54.6 Å². The Hall–Kier alpha value is -2.60. The third-order valence-corrected chi connectivity index (χ3v) is 2.83. The molecule has 0 spiro atoms. The van der Waals surface area contributed by atoms with Crippen LogP contribution in [0.2, 0.25) is 0 Å². The van der Waals surface area contributed by atoms with Crippen LogP contribution in [-0.2, 0) is 11.2 Å². The minimum atomic E-state index is 0.426. The minimum Gasteiger partial charge on any atom is -0.483 e. The lowest BCUT2D eigenvalue weighted by atomic mass is 10.0. The Morgan fingerprint density at radius 3 is 2.26 bits per heavy atom. The Morgan fingerprint density at radius 1 is 1.05 bits per heavy atom. The molecule has 0 unspecified atom stereocenters. The van der Waals surface area contributed by atoms with Crippen LogP contribution >= 0.6 is 0 Å². The van der Waals surface area contributed by atoms with Crippen molar-refractivity contribution in [3.63, 3.8) is 0 Å². The van der Waals surface area contributed by atoms with Crippen molar-refractivity contribution in [1.29, 1.82) is 5.26 Å². The van der Waals surface area contributed by atoms with Crippen LogP contribution in [0.1, 0.15) is 5.56 Å². The van der Waals surface area contributed by atoms with Gasteiger partial charge in [0.2, 0.25) is 12.1 Å². The Kier molecular flexibility index (Phi) is 4.30. The number of methoxy groups -OCH3 is 1. The first kappa shape index (κ1) is 12.8. The molecule has 2 aromatic rings. The van der Waals surface area contributed by atoms with Gasteiger partial charge in [-0.3, -0.25) is 0 Å². The van der Waals surface area contributed by atoms with Crippen LogP contribution in [0.3, 0.4) is 0 Å². The summed E-state index contributed by atoms with van der Waals surface area (Å²) in [5, 5.41) is 8.52. The van der Waals surface area contributed by atoms with Crippen LogP contribution in [0.25, 0.3) is 11.1 Å². The van der Waals surface area contributed by atoms with Crippen LogP contribution in [0, 0.1) is 11.5 Å². The molecule has 3 heteroatoms. The van der Waals surface area contributed by atoms with E-state index in [1.54, 1.807) is 6.19 Å². The molecule has 94 valence electrons. The van der Waals surface area contributed by atoms with Gasteiger partial charge in [-0.2, -0.15) is 5.26 Å².